The Balaban J connectivity index is 2.28. The Morgan fingerprint density at radius 1 is 1.38 bits per heavy atom. The third-order valence-corrected chi connectivity index (χ3v) is 1.67. The van der Waals surface area contributed by atoms with Crippen LogP contribution in [0.4, 0.5) is 11.4 Å². The molecule has 72 valence electrons. The zero-order valence-electron chi connectivity index (χ0n) is 7.53. The van der Waals surface area contributed by atoms with E-state index in [2.05, 4.69) is 10.3 Å². The lowest BCUT2D eigenvalue weighted by atomic mass is 10.3. The first kappa shape index (κ1) is 9.80. The number of anilines is 2. The van der Waals surface area contributed by atoms with Gasteiger partial charge in [-0.1, -0.05) is 0 Å². The van der Waals surface area contributed by atoms with Gasteiger partial charge in [0.05, 0.1) is 17.6 Å². The molecule has 0 aromatic carbocycles. The highest BCUT2D eigenvalue weighted by molar-refractivity contribution is 5.50. The number of unbranched alkanes of at least 4 members (excludes halogenated alkanes) is 1. The number of hydrogen-bond acceptors (Lipinski definition) is 4. The van der Waals surface area contributed by atoms with Gasteiger partial charge in [-0.2, -0.15) is 0 Å². The molecule has 0 amide bonds. The van der Waals surface area contributed by atoms with E-state index in [1.54, 1.807) is 12.4 Å². The molecule has 1 aromatic heterocycles. The van der Waals surface area contributed by atoms with Crippen molar-refractivity contribution in [2.75, 3.05) is 24.2 Å². The Hall–Kier alpha value is -1.29. The predicted octanol–water partition coefficient (Wildman–Crippen LogP) is 0.848. The van der Waals surface area contributed by atoms with Crippen LogP contribution in [-0.4, -0.2) is 23.2 Å². The van der Waals surface area contributed by atoms with Crippen LogP contribution < -0.4 is 11.1 Å². The van der Waals surface area contributed by atoms with Gasteiger partial charge in [0.1, 0.15) is 0 Å². The van der Waals surface area contributed by atoms with Gasteiger partial charge in [-0.25, -0.2) is 0 Å². The number of nitrogens with two attached hydrogens (primary N) is 1. The van der Waals surface area contributed by atoms with E-state index >= 15 is 0 Å². The molecule has 0 aliphatic rings. The summed E-state index contributed by atoms with van der Waals surface area (Å²) in [7, 11) is 0. The van der Waals surface area contributed by atoms with E-state index in [0.717, 1.165) is 25.1 Å². The van der Waals surface area contributed by atoms with E-state index < -0.39 is 0 Å². The van der Waals surface area contributed by atoms with Crippen LogP contribution >= 0.6 is 0 Å². The SMILES string of the molecule is Nc1cncc(NCCCCO)c1. The van der Waals surface area contributed by atoms with E-state index in [1.165, 1.54) is 0 Å². The van der Waals surface area contributed by atoms with Gasteiger partial charge in [-0.15, -0.1) is 0 Å². The molecule has 4 heteroatoms. The van der Waals surface area contributed by atoms with Crippen molar-refractivity contribution in [2.24, 2.45) is 0 Å². The maximum atomic E-state index is 8.55. The molecule has 13 heavy (non-hydrogen) atoms. The first-order valence-corrected chi connectivity index (χ1v) is 4.38. The number of rotatable bonds is 5. The number of nitrogens with one attached hydrogen (secondary N) is 1. The molecular weight excluding hydrogens is 166 g/mol. The molecule has 4 nitrogen and oxygen atoms in total. The lowest BCUT2D eigenvalue weighted by Crippen LogP contribution is -2.03. The Kier molecular flexibility index (Phi) is 4.05. The van der Waals surface area contributed by atoms with Crippen molar-refractivity contribution < 1.29 is 5.11 Å². The van der Waals surface area contributed by atoms with Gasteiger partial charge in [0, 0.05) is 19.3 Å². The van der Waals surface area contributed by atoms with Gasteiger partial charge in [-0.3, -0.25) is 4.98 Å². The number of hydrogen-bond donors (Lipinski definition) is 3. The summed E-state index contributed by atoms with van der Waals surface area (Å²) in [5.41, 5.74) is 7.13. The number of nitrogen functional groups attached to an aromatic ring is 1. The molecule has 4 N–H and O–H groups in total. The third-order valence-electron chi connectivity index (χ3n) is 1.67. The molecule has 0 atom stereocenters. The highest BCUT2D eigenvalue weighted by atomic mass is 16.2. The van der Waals surface area contributed by atoms with Crippen molar-refractivity contribution >= 4 is 11.4 Å². The lowest BCUT2D eigenvalue weighted by Gasteiger charge is -2.05. The average Bonchev–Trinajstić information content (AvgIpc) is 2.13. The van der Waals surface area contributed by atoms with E-state index in [9.17, 15) is 0 Å². The number of aliphatic hydroxyl groups excluding tert-OH is 1. The zero-order chi connectivity index (χ0) is 9.52. The Morgan fingerprint density at radius 2 is 2.23 bits per heavy atom. The van der Waals surface area contributed by atoms with Crippen LogP contribution in [0.3, 0.4) is 0 Å². The van der Waals surface area contributed by atoms with Crippen LogP contribution in [0.5, 0.6) is 0 Å². The largest absolute Gasteiger partial charge is 0.397 e. The normalized spacial score (nSPS) is 9.92. The smallest absolute Gasteiger partial charge is 0.0547 e. The molecule has 1 aromatic rings. The van der Waals surface area contributed by atoms with Crippen LogP contribution in [0.2, 0.25) is 0 Å². The van der Waals surface area contributed by atoms with Crippen molar-refractivity contribution in [3.63, 3.8) is 0 Å². The van der Waals surface area contributed by atoms with E-state index in [4.69, 9.17) is 10.8 Å². The quantitative estimate of drug-likeness (QED) is 0.589. The van der Waals surface area contributed by atoms with Gasteiger partial charge in [0.2, 0.25) is 0 Å². The minimum atomic E-state index is 0.247. The van der Waals surface area contributed by atoms with E-state index in [1.807, 2.05) is 6.07 Å². The molecule has 0 saturated heterocycles. The highest BCUT2D eigenvalue weighted by Crippen LogP contribution is 2.08. The first-order chi connectivity index (χ1) is 6.33. The van der Waals surface area contributed by atoms with Crippen molar-refractivity contribution in [3.05, 3.63) is 18.5 Å². The summed E-state index contributed by atoms with van der Waals surface area (Å²) >= 11 is 0. The van der Waals surface area contributed by atoms with Crippen molar-refractivity contribution in [1.29, 1.82) is 0 Å². The molecule has 0 fully saturated rings. The summed E-state index contributed by atoms with van der Waals surface area (Å²) in [5.74, 6) is 0. The molecule has 0 saturated carbocycles. The second-order valence-corrected chi connectivity index (χ2v) is 2.86. The Bertz CT molecular complexity index is 252. The average molecular weight is 181 g/mol. The summed E-state index contributed by atoms with van der Waals surface area (Å²) in [6.45, 7) is 1.09. The molecule has 0 bridgehead atoms. The molecular formula is C9H15N3O. The van der Waals surface area contributed by atoms with Gasteiger partial charge in [0.15, 0.2) is 0 Å². The topological polar surface area (TPSA) is 71.2 Å². The summed E-state index contributed by atoms with van der Waals surface area (Å²) in [5, 5.41) is 11.7. The third kappa shape index (κ3) is 3.75. The fourth-order valence-electron chi connectivity index (χ4n) is 1.02. The van der Waals surface area contributed by atoms with Crippen molar-refractivity contribution in [3.8, 4) is 0 Å². The maximum Gasteiger partial charge on any atom is 0.0547 e. The van der Waals surface area contributed by atoms with Crippen LogP contribution in [0.25, 0.3) is 0 Å². The lowest BCUT2D eigenvalue weighted by molar-refractivity contribution is 0.286. The highest BCUT2D eigenvalue weighted by Gasteiger charge is 1.92. The van der Waals surface area contributed by atoms with E-state index in [-0.39, 0.29) is 6.61 Å². The molecule has 0 aliphatic carbocycles. The monoisotopic (exact) mass is 181 g/mol. The molecule has 0 spiro atoms. The summed E-state index contributed by atoms with van der Waals surface area (Å²) in [6.07, 6.45) is 5.11. The zero-order valence-corrected chi connectivity index (χ0v) is 7.53. The second kappa shape index (κ2) is 5.37. The minimum Gasteiger partial charge on any atom is -0.397 e. The molecule has 1 heterocycles. The fourth-order valence-corrected chi connectivity index (χ4v) is 1.02. The standard InChI is InChI=1S/C9H15N3O/c10-8-5-9(7-11-6-8)12-3-1-2-4-13/h5-7,12-13H,1-4,10H2. The maximum absolute atomic E-state index is 8.55. The van der Waals surface area contributed by atoms with Gasteiger partial charge in [-0.05, 0) is 18.9 Å². The summed E-state index contributed by atoms with van der Waals surface area (Å²) in [6, 6.07) is 1.84. The predicted molar refractivity (Wildman–Crippen MR) is 53.5 cm³/mol. The van der Waals surface area contributed by atoms with Crippen molar-refractivity contribution in [2.45, 2.75) is 12.8 Å². The van der Waals surface area contributed by atoms with Gasteiger partial charge < -0.3 is 16.2 Å². The second-order valence-electron chi connectivity index (χ2n) is 2.86. The van der Waals surface area contributed by atoms with Crippen molar-refractivity contribution in [1.82, 2.24) is 4.98 Å². The van der Waals surface area contributed by atoms with Gasteiger partial charge >= 0.3 is 0 Å². The van der Waals surface area contributed by atoms with E-state index in [0.29, 0.717) is 5.69 Å². The number of aromatic nitrogens is 1. The first-order valence-electron chi connectivity index (χ1n) is 4.38. The Labute approximate surface area is 77.8 Å². The number of aliphatic hydroxyl groups is 1. The molecule has 0 radical (unpaired) electrons. The minimum absolute atomic E-state index is 0.247. The fraction of sp³-hybridized carbons (Fsp3) is 0.444. The van der Waals surface area contributed by atoms with Crippen LogP contribution in [0.1, 0.15) is 12.8 Å². The van der Waals surface area contributed by atoms with Gasteiger partial charge in [0.25, 0.3) is 0 Å². The molecule has 0 unspecified atom stereocenters. The summed E-state index contributed by atoms with van der Waals surface area (Å²) in [4.78, 5) is 3.95. The van der Waals surface area contributed by atoms with Crippen LogP contribution in [0, 0.1) is 0 Å². The molecule has 0 aliphatic heterocycles. The van der Waals surface area contributed by atoms with Crippen LogP contribution in [-0.2, 0) is 0 Å². The number of nitrogens with zero attached hydrogens (tertiary/aromatic N) is 1. The number of pyridine rings is 1. The summed E-state index contributed by atoms with van der Waals surface area (Å²) < 4.78 is 0. The van der Waals surface area contributed by atoms with Crippen LogP contribution in [0.15, 0.2) is 18.5 Å². The molecule has 1 rings (SSSR count). The Morgan fingerprint density at radius 3 is 2.92 bits per heavy atom.